The Morgan fingerprint density at radius 1 is 0.914 bits per heavy atom. The molecule has 0 aromatic heterocycles. The van der Waals surface area contributed by atoms with Gasteiger partial charge in [0.15, 0.2) is 0 Å². The van der Waals surface area contributed by atoms with E-state index in [0.29, 0.717) is 12.3 Å². The van der Waals surface area contributed by atoms with Crippen molar-refractivity contribution in [1.29, 1.82) is 0 Å². The molecular formula is C30H41N5. The summed E-state index contributed by atoms with van der Waals surface area (Å²) in [4.78, 5) is 7.00. The fourth-order valence-corrected chi connectivity index (χ4v) is 4.16. The lowest BCUT2D eigenvalue weighted by molar-refractivity contribution is 0.305. The van der Waals surface area contributed by atoms with Crippen molar-refractivity contribution >= 4 is 17.1 Å². The fourth-order valence-electron chi connectivity index (χ4n) is 4.16. The molecule has 1 aliphatic rings. The molecule has 0 unspecified atom stereocenters. The largest absolute Gasteiger partial charge is 0.377 e. The summed E-state index contributed by atoms with van der Waals surface area (Å²) >= 11 is 0. The third-order valence-corrected chi connectivity index (χ3v) is 6.23. The lowest BCUT2D eigenvalue weighted by Crippen LogP contribution is -2.34. The Labute approximate surface area is 212 Å². The van der Waals surface area contributed by atoms with E-state index in [0.717, 1.165) is 49.7 Å². The van der Waals surface area contributed by atoms with Gasteiger partial charge in [0.1, 0.15) is 0 Å². The van der Waals surface area contributed by atoms with Gasteiger partial charge in [0.2, 0.25) is 0 Å². The molecule has 5 nitrogen and oxygen atoms in total. The van der Waals surface area contributed by atoms with E-state index in [1.54, 1.807) is 6.08 Å². The van der Waals surface area contributed by atoms with Gasteiger partial charge < -0.3 is 14.7 Å². The zero-order chi connectivity index (χ0) is 25.2. The SMILES string of the molecule is C=C\C(Cc1ccccc1)=N/N=C(C)/C1=C/N(C)CCN(C)CCN1c1ccc(CC(C)C)cc1. The second kappa shape index (κ2) is 13.1. The van der Waals surface area contributed by atoms with E-state index in [1.165, 1.54) is 16.8 Å². The van der Waals surface area contributed by atoms with Gasteiger partial charge in [-0.2, -0.15) is 10.2 Å². The highest BCUT2D eigenvalue weighted by atomic mass is 15.3. The van der Waals surface area contributed by atoms with E-state index in [1.807, 2.05) is 25.1 Å². The Morgan fingerprint density at radius 2 is 1.60 bits per heavy atom. The molecule has 0 aliphatic carbocycles. The van der Waals surface area contributed by atoms with Crippen LogP contribution in [0.15, 0.2) is 89.4 Å². The second-order valence-corrected chi connectivity index (χ2v) is 9.86. The molecule has 0 saturated heterocycles. The predicted octanol–water partition coefficient (Wildman–Crippen LogP) is 5.66. The average molecular weight is 472 g/mol. The predicted molar refractivity (Wildman–Crippen MR) is 151 cm³/mol. The van der Waals surface area contributed by atoms with Gasteiger partial charge >= 0.3 is 0 Å². The van der Waals surface area contributed by atoms with Crippen molar-refractivity contribution in [3.8, 4) is 0 Å². The number of nitrogens with zero attached hydrogens (tertiary/aromatic N) is 5. The minimum Gasteiger partial charge on any atom is -0.377 e. The molecule has 1 heterocycles. The molecule has 5 heteroatoms. The normalized spacial score (nSPS) is 18.1. The van der Waals surface area contributed by atoms with E-state index in [9.17, 15) is 0 Å². The molecule has 35 heavy (non-hydrogen) atoms. The highest BCUT2D eigenvalue weighted by Crippen LogP contribution is 2.23. The molecule has 1 aliphatic heterocycles. The van der Waals surface area contributed by atoms with E-state index in [2.05, 4.69) is 102 Å². The van der Waals surface area contributed by atoms with Crippen molar-refractivity contribution in [1.82, 2.24) is 9.80 Å². The highest BCUT2D eigenvalue weighted by Gasteiger charge is 2.19. The van der Waals surface area contributed by atoms with Crippen LogP contribution in [0.25, 0.3) is 0 Å². The number of allylic oxidation sites excluding steroid dienone is 2. The molecule has 186 valence electrons. The number of likely N-dealkylation sites (N-methyl/N-ethyl adjacent to an activating group) is 2. The lowest BCUT2D eigenvalue weighted by atomic mass is 10.0. The Bertz CT molecular complexity index is 1030. The van der Waals surface area contributed by atoms with Crippen LogP contribution in [-0.2, 0) is 12.8 Å². The number of rotatable bonds is 8. The molecule has 2 aromatic rings. The number of anilines is 1. The van der Waals surface area contributed by atoms with Gasteiger partial charge in [-0.15, -0.1) is 0 Å². The summed E-state index contributed by atoms with van der Waals surface area (Å²) in [6, 6.07) is 19.3. The van der Waals surface area contributed by atoms with Crippen LogP contribution in [0.5, 0.6) is 0 Å². The van der Waals surface area contributed by atoms with Crippen molar-refractivity contribution < 1.29 is 0 Å². The van der Waals surface area contributed by atoms with E-state index < -0.39 is 0 Å². The number of hydrogen-bond acceptors (Lipinski definition) is 5. The second-order valence-electron chi connectivity index (χ2n) is 9.86. The first kappa shape index (κ1) is 26.4. The maximum atomic E-state index is 4.69. The van der Waals surface area contributed by atoms with Crippen LogP contribution in [0.4, 0.5) is 5.69 Å². The smallest absolute Gasteiger partial charge is 0.0851 e. The van der Waals surface area contributed by atoms with Crippen LogP contribution in [-0.4, -0.2) is 61.5 Å². The fraction of sp³-hybridized carbons (Fsp3) is 0.400. The number of benzene rings is 2. The van der Waals surface area contributed by atoms with Crippen LogP contribution in [0, 0.1) is 5.92 Å². The minimum atomic E-state index is 0.644. The Balaban J connectivity index is 1.93. The summed E-state index contributed by atoms with van der Waals surface area (Å²) in [6.07, 6.45) is 5.81. The molecule has 0 bridgehead atoms. The third kappa shape index (κ3) is 8.22. The molecular weight excluding hydrogens is 430 g/mol. The van der Waals surface area contributed by atoms with Crippen LogP contribution in [0.2, 0.25) is 0 Å². The standard InChI is InChI=1S/C30H41N5/c1-7-28(22-26-11-9-8-10-12-26)32-31-25(4)30-23-34(6)18-17-33(5)19-20-35(30)29-15-13-27(14-16-29)21-24(2)3/h7-16,23-24H,1,17-22H2,2-6H3/b30-23-,31-25+,32-28+. The lowest BCUT2D eigenvalue weighted by Gasteiger charge is -2.29. The van der Waals surface area contributed by atoms with Crippen molar-refractivity contribution in [2.45, 2.75) is 33.6 Å². The summed E-state index contributed by atoms with van der Waals surface area (Å²) < 4.78 is 0. The van der Waals surface area contributed by atoms with Crippen LogP contribution < -0.4 is 4.90 Å². The Kier molecular flexibility index (Phi) is 9.86. The molecule has 0 amide bonds. The highest BCUT2D eigenvalue weighted by molar-refractivity contribution is 6.02. The van der Waals surface area contributed by atoms with E-state index >= 15 is 0 Å². The van der Waals surface area contributed by atoms with Gasteiger partial charge in [-0.1, -0.05) is 62.9 Å². The Hall–Kier alpha value is -3.18. The summed E-state index contributed by atoms with van der Waals surface area (Å²) in [5.74, 6) is 0.644. The van der Waals surface area contributed by atoms with Gasteiger partial charge in [-0.05, 0) is 55.6 Å². The average Bonchev–Trinajstić information content (AvgIpc) is 2.92. The molecule has 0 spiro atoms. The van der Waals surface area contributed by atoms with Crippen molar-refractivity contribution in [3.05, 3.63) is 90.3 Å². The molecule has 3 rings (SSSR count). The van der Waals surface area contributed by atoms with Gasteiger partial charge in [-0.3, -0.25) is 0 Å². The topological polar surface area (TPSA) is 34.4 Å². The summed E-state index contributed by atoms with van der Waals surface area (Å²) in [5.41, 5.74) is 6.58. The first-order valence-electron chi connectivity index (χ1n) is 12.6. The maximum Gasteiger partial charge on any atom is 0.0851 e. The van der Waals surface area contributed by atoms with Crippen LogP contribution in [0.1, 0.15) is 31.9 Å². The van der Waals surface area contributed by atoms with Gasteiger partial charge in [0.25, 0.3) is 0 Å². The molecule has 0 N–H and O–H groups in total. The third-order valence-electron chi connectivity index (χ3n) is 6.23. The first-order chi connectivity index (χ1) is 16.9. The zero-order valence-corrected chi connectivity index (χ0v) is 22.1. The van der Waals surface area contributed by atoms with Crippen LogP contribution in [0.3, 0.4) is 0 Å². The summed E-state index contributed by atoms with van der Waals surface area (Å²) in [5, 5.41) is 9.28. The molecule has 0 atom stereocenters. The van der Waals surface area contributed by atoms with Crippen LogP contribution >= 0.6 is 0 Å². The van der Waals surface area contributed by atoms with E-state index in [4.69, 9.17) is 0 Å². The zero-order valence-electron chi connectivity index (χ0n) is 22.1. The molecule has 0 saturated carbocycles. The summed E-state index contributed by atoms with van der Waals surface area (Å²) in [6.45, 7) is 14.4. The van der Waals surface area contributed by atoms with Crippen molar-refractivity contribution in [2.75, 3.05) is 45.2 Å². The summed E-state index contributed by atoms with van der Waals surface area (Å²) in [7, 11) is 4.32. The van der Waals surface area contributed by atoms with E-state index in [-0.39, 0.29) is 0 Å². The van der Waals surface area contributed by atoms with Gasteiger partial charge in [0, 0.05) is 51.5 Å². The molecule has 0 fully saturated rings. The van der Waals surface area contributed by atoms with Gasteiger partial charge in [0.05, 0.1) is 17.1 Å². The Morgan fingerprint density at radius 3 is 2.26 bits per heavy atom. The number of hydrogen-bond donors (Lipinski definition) is 0. The molecule has 2 aromatic carbocycles. The quantitative estimate of drug-likeness (QED) is 0.368. The minimum absolute atomic E-state index is 0.644. The van der Waals surface area contributed by atoms with Crippen molar-refractivity contribution in [3.63, 3.8) is 0 Å². The molecule has 0 radical (unpaired) electrons. The maximum absolute atomic E-state index is 4.69. The van der Waals surface area contributed by atoms with Gasteiger partial charge in [-0.25, -0.2) is 0 Å². The van der Waals surface area contributed by atoms with Crippen molar-refractivity contribution in [2.24, 2.45) is 16.1 Å². The first-order valence-corrected chi connectivity index (χ1v) is 12.6. The monoisotopic (exact) mass is 471 g/mol.